The molecule has 0 aliphatic rings. The Morgan fingerprint density at radius 3 is 3.07 bits per heavy atom. The number of halogens is 1. The largest absolute Gasteiger partial charge is 0.296 e. The molecular formula is C9H8ClN3O. The van der Waals surface area contributed by atoms with Crippen molar-refractivity contribution >= 4 is 23.5 Å². The number of carbonyl (C=O) groups is 1. The maximum atomic E-state index is 10.8. The molecule has 14 heavy (non-hydrogen) atoms. The van der Waals surface area contributed by atoms with Gasteiger partial charge in [0.2, 0.25) is 0 Å². The Bertz CT molecular complexity index is 492. The summed E-state index contributed by atoms with van der Waals surface area (Å²) in [6, 6.07) is 0. The molecule has 4 nitrogen and oxygen atoms in total. The highest BCUT2D eigenvalue weighted by Crippen LogP contribution is 2.16. The molecule has 2 heterocycles. The van der Waals surface area contributed by atoms with Crippen LogP contribution in [0.15, 0.2) is 12.4 Å². The number of fused-ring (bicyclic) bond motifs is 1. The third-order valence-corrected chi connectivity index (χ3v) is 2.33. The molecule has 2 aromatic heterocycles. The van der Waals surface area contributed by atoms with Crippen LogP contribution in [0.2, 0.25) is 5.15 Å². The Kier molecular flexibility index (Phi) is 2.21. The van der Waals surface area contributed by atoms with E-state index in [1.165, 1.54) is 0 Å². The van der Waals surface area contributed by atoms with Crippen LogP contribution in [0.3, 0.4) is 0 Å². The topological polar surface area (TPSA) is 47.3 Å². The molecule has 5 heteroatoms. The summed E-state index contributed by atoms with van der Waals surface area (Å²) >= 11 is 5.85. The smallest absolute Gasteiger partial charge is 0.175 e. The van der Waals surface area contributed by atoms with Gasteiger partial charge in [-0.2, -0.15) is 0 Å². The fourth-order valence-electron chi connectivity index (χ4n) is 1.40. The van der Waals surface area contributed by atoms with Crippen LogP contribution in [-0.4, -0.2) is 20.7 Å². The lowest BCUT2D eigenvalue weighted by Crippen LogP contribution is -1.94. The Morgan fingerprint density at radius 2 is 2.43 bits per heavy atom. The number of aldehydes is 1. The van der Waals surface area contributed by atoms with Crippen molar-refractivity contribution in [1.82, 2.24) is 14.4 Å². The number of carbonyl (C=O) groups excluding carboxylic acids is 1. The summed E-state index contributed by atoms with van der Waals surface area (Å²) in [6.45, 7) is 1.94. The number of hydrogen-bond donors (Lipinski definition) is 0. The van der Waals surface area contributed by atoms with Gasteiger partial charge in [-0.05, 0) is 6.42 Å². The molecule has 0 saturated heterocycles. The zero-order chi connectivity index (χ0) is 10.1. The van der Waals surface area contributed by atoms with Gasteiger partial charge in [-0.1, -0.05) is 18.5 Å². The Morgan fingerprint density at radius 1 is 1.64 bits per heavy atom. The van der Waals surface area contributed by atoms with Crippen molar-refractivity contribution in [3.8, 4) is 0 Å². The highest BCUT2D eigenvalue weighted by molar-refractivity contribution is 6.32. The number of hydrogen-bond acceptors (Lipinski definition) is 3. The van der Waals surface area contributed by atoms with Crippen molar-refractivity contribution in [3.63, 3.8) is 0 Å². The second-order valence-corrected chi connectivity index (χ2v) is 3.18. The standard InChI is InChI=1S/C9H8ClN3O/c1-2-6-7(5-14)13-4-3-11-8(10)9(13)12-6/h3-5H,2H2,1H3. The first kappa shape index (κ1) is 9.15. The van der Waals surface area contributed by atoms with E-state index in [-0.39, 0.29) is 0 Å². The zero-order valence-corrected chi connectivity index (χ0v) is 8.32. The van der Waals surface area contributed by atoms with Crippen LogP contribution in [0.5, 0.6) is 0 Å². The van der Waals surface area contributed by atoms with Gasteiger partial charge in [0.1, 0.15) is 5.69 Å². The van der Waals surface area contributed by atoms with Gasteiger partial charge in [0, 0.05) is 12.4 Å². The second kappa shape index (κ2) is 3.38. The van der Waals surface area contributed by atoms with E-state index in [1.54, 1.807) is 16.8 Å². The van der Waals surface area contributed by atoms with Gasteiger partial charge in [-0.15, -0.1) is 0 Å². The Labute approximate surface area is 85.5 Å². The van der Waals surface area contributed by atoms with E-state index in [2.05, 4.69) is 9.97 Å². The summed E-state index contributed by atoms with van der Waals surface area (Å²) in [5.74, 6) is 0. The summed E-state index contributed by atoms with van der Waals surface area (Å²) in [6.07, 6.45) is 4.71. The van der Waals surface area contributed by atoms with Crippen molar-refractivity contribution in [2.75, 3.05) is 0 Å². The van der Waals surface area contributed by atoms with Crippen molar-refractivity contribution in [2.45, 2.75) is 13.3 Å². The predicted octanol–water partition coefficient (Wildman–Crippen LogP) is 1.76. The molecule has 0 aliphatic carbocycles. The van der Waals surface area contributed by atoms with Crippen LogP contribution in [0, 0.1) is 0 Å². The van der Waals surface area contributed by atoms with E-state index in [0.29, 0.717) is 22.9 Å². The van der Waals surface area contributed by atoms with Gasteiger partial charge in [0.25, 0.3) is 0 Å². The van der Waals surface area contributed by atoms with Crippen LogP contribution < -0.4 is 0 Å². The molecule has 2 rings (SSSR count). The molecule has 0 radical (unpaired) electrons. The molecule has 0 N–H and O–H groups in total. The average molecular weight is 210 g/mol. The molecule has 0 aromatic carbocycles. The molecule has 72 valence electrons. The summed E-state index contributed by atoms with van der Waals surface area (Å²) < 4.78 is 1.65. The number of aromatic nitrogens is 3. The summed E-state index contributed by atoms with van der Waals surface area (Å²) in [7, 11) is 0. The lowest BCUT2D eigenvalue weighted by atomic mass is 10.3. The van der Waals surface area contributed by atoms with Crippen LogP contribution in [-0.2, 0) is 6.42 Å². The van der Waals surface area contributed by atoms with E-state index in [0.717, 1.165) is 12.0 Å². The summed E-state index contributed by atoms with van der Waals surface area (Å²) in [4.78, 5) is 19.0. The van der Waals surface area contributed by atoms with Crippen LogP contribution in [0.4, 0.5) is 0 Å². The molecule has 0 aliphatic heterocycles. The lowest BCUT2D eigenvalue weighted by Gasteiger charge is -1.94. The van der Waals surface area contributed by atoms with E-state index >= 15 is 0 Å². The molecule has 0 saturated carbocycles. The van der Waals surface area contributed by atoms with Gasteiger partial charge in [-0.25, -0.2) is 9.97 Å². The highest BCUT2D eigenvalue weighted by Gasteiger charge is 2.11. The minimum absolute atomic E-state index is 0.315. The van der Waals surface area contributed by atoms with Crippen molar-refractivity contribution in [1.29, 1.82) is 0 Å². The highest BCUT2D eigenvalue weighted by atomic mass is 35.5. The van der Waals surface area contributed by atoms with Crippen molar-refractivity contribution in [2.24, 2.45) is 0 Å². The van der Waals surface area contributed by atoms with Crippen molar-refractivity contribution in [3.05, 3.63) is 28.9 Å². The monoisotopic (exact) mass is 209 g/mol. The number of imidazole rings is 1. The molecule has 0 amide bonds. The molecular weight excluding hydrogens is 202 g/mol. The molecule has 0 atom stereocenters. The summed E-state index contributed by atoms with van der Waals surface area (Å²) in [5.41, 5.74) is 1.83. The van der Waals surface area contributed by atoms with Crippen LogP contribution in [0.1, 0.15) is 23.1 Å². The van der Waals surface area contributed by atoms with Crippen LogP contribution >= 0.6 is 11.6 Å². The Balaban J connectivity index is 2.86. The minimum atomic E-state index is 0.315. The third-order valence-electron chi connectivity index (χ3n) is 2.06. The summed E-state index contributed by atoms with van der Waals surface area (Å²) in [5, 5.41) is 0.315. The maximum absolute atomic E-state index is 10.8. The minimum Gasteiger partial charge on any atom is -0.296 e. The van der Waals surface area contributed by atoms with Crippen molar-refractivity contribution < 1.29 is 4.79 Å². The van der Waals surface area contributed by atoms with Gasteiger partial charge < -0.3 is 0 Å². The normalized spacial score (nSPS) is 10.7. The molecule has 0 spiro atoms. The second-order valence-electron chi connectivity index (χ2n) is 2.83. The average Bonchev–Trinajstić information content (AvgIpc) is 2.57. The molecule has 0 unspecified atom stereocenters. The van der Waals surface area contributed by atoms with Crippen LogP contribution in [0.25, 0.3) is 5.65 Å². The fraction of sp³-hybridized carbons (Fsp3) is 0.222. The first-order valence-corrected chi connectivity index (χ1v) is 4.62. The first-order valence-electron chi connectivity index (χ1n) is 4.24. The molecule has 0 bridgehead atoms. The van der Waals surface area contributed by atoms with Gasteiger partial charge in [0.05, 0.1) is 5.69 Å². The molecule has 0 fully saturated rings. The number of aryl methyl sites for hydroxylation is 1. The fourth-order valence-corrected chi connectivity index (χ4v) is 1.59. The molecule has 2 aromatic rings. The van der Waals surface area contributed by atoms with E-state index in [4.69, 9.17) is 11.6 Å². The Hall–Kier alpha value is -1.42. The van der Waals surface area contributed by atoms with Gasteiger partial charge in [-0.3, -0.25) is 9.20 Å². The number of nitrogens with zero attached hydrogens (tertiary/aromatic N) is 3. The van der Waals surface area contributed by atoms with Gasteiger partial charge >= 0.3 is 0 Å². The van der Waals surface area contributed by atoms with Gasteiger partial charge in [0.15, 0.2) is 17.1 Å². The van der Waals surface area contributed by atoms with E-state index < -0.39 is 0 Å². The quantitative estimate of drug-likeness (QED) is 0.708. The number of rotatable bonds is 2. The first-order chi connectivity index (χ1) is 6.77. The maximum Gasteiger partial charge on any atom is 0.175 e. The lowest BCUT2D eigenvalue weighted by molar-refractivity contribution is 0.111. The van der Waals surface area contributed by atoms with E-state index in [1.807, 2.05) is 6.92 Å². The third kappa shape index (κ3) is 1.19. The predicted molar refractivity (Wildman–Crippen MR) is 52.8 cm³/mol. The van der Waals surface area contributed by atoms with E-state index in [9.17, 15) is 4.79 Å². The zero-order valence-electron chi connectivity index (χ0n) is 7.57. The SMILES string of the molecule is CCc1nc2c(Cl)nccn2c1C=O.